The summed E-state index contributed by atoms with van der Waals surface area (Å²) < 4.78 is 30.7. The molecule has 26 heavy (non-hydrogen) atoms. The maximum Gasteiger partial charge on any atom is 0.341 e. The van der Waals surface area contributed by atoms with Crippen molar-refractivity contribution in [1.29, 1.82) is 0 Å². The number of halogens is 2. The van der Waals surface area contributed by atoms with Crippen LogP contribution in [-0.4, -0.2) is 34.7 Å². The van der Waals surface area contributed by atoms with E-state index in [0.29, 0.717) is 5.69 Å². The van der Waals surface area contributed by atoms with Crippen LogP contribution in [0.25, 0.3) is 16.6 Å². The summed E-state index contributed by atoms with van der Waals surface area (Å²) in [4.78, 5) is 23.8. The van der Waals surface area contributed by atoms with Gasteiger partial charge in [-0.2, -0.15) is 0 Å². The van der Waals surface area contributed by atoms with Crippen molar-refractivity contribution in [2.75, 3.05) is 19.5 Å². The second-order valence-corrected chi connectivity index (χ2v) is 5.83. The number of anilines is 1. The number of aromatic carboxylic acids is 1. The van der Waals surface area contributed by atoms with Crippen molar-refractivity contribution in [1.82, 2.24) is 9.58 Å². The van der Waals surface area contributed by atoms with Gasteiger partial charge in [-0.3, -0.25) is 4.79 Å². The first kappa shape index (κ1) is 17.6. The maximum atomic E-state index is 15.1. The van der Waals surface area contributed by atoms with Gasteiger partial charge in [0.2, 0.25) is 5.43 Å². The van der Waals surface area contributed by atoms with E-state index >= 15 is 4.39 Å². The lowest BCUT2D eigenvalue weighted by molar-refractivity contribution is 0.0695. The highest BCUT2D eigenvalue weighted by Gasteiger charge is 2.22. The van der Waals surface area contributed by atoms with Crippen LogP contribution in [0.3, 0.4) is 0 Å². The molecule has 2 N–H and O–H groups in total. The van der Waals surface area contributed by atoms with Gasteiger partial charge in [0.1, 0.15) is 11.3 Å². The Morgan fingerprint density at radius 2 is 1.85 bits per heavy atom. The van der Waals surface area contributed by atoms with E-state index in [1.165, 1.54) is 9.58 Å². The van der Waals surface area contributed by atoms with E-state index in [9.17, 15) is 19.1 Å². The van der Waals surface area contributed by atoms with Gasteiger partial charge in [0.05, 0.1) is 10.9 Å². The third kappa shape index (κ3) is 2.91. The molecule has 1 heterocycles. The molecule has 2 aromatic carbocycles. The van der Waals surface area contributed by atoms with Crippen molar-refractivity contribution in [3.63, 3.8) is 0 Å². The molecule has 0 spiro atoms. The molecule has 3 rings (SSSR count). The van der Waals surface area contributed by atoms with Crippen molar-refractivity contribution in [3.8, 4) is 5.69 Å². The molecular formula is C18H15F2N3O3. The number of benzene rings is 2. The SMILES string of the molecule is CN(C)Nc1c(F)cc2c(=O)c(C(=O)O)cn(-c3ccccc3)c2c1F. The van der Waals surface area contributed by atoms with Gasteiger partial charge >= 0.3 is 5.97 Å². The first-order valence-corrected chi connectivity index (χ1v) is 7.61. The van der Waals surface area contributed by atoms with Crippen molar-refractivity contribution in [2.45, 2.75) is 0 Å². The smallest absolute Gasteiger partial charge is 0.341 e. The van der Waals surface area contributed by atoms with Crippen LogP contribution in [-0.2, 0) is 0 Å². The highest BCUT2D eigenvalue weighted by Crippen LogP contribution is 2.29. The average Bonchev–Trinajstić information content (AvgIpc) is 2.59. The highest BCUT2D eigenvalue weighted by atomic mass is 19.1. The predicted molar refractivity (Wildman–Crippen MR) is 93.7 cm³/mol. The molecule has 6 nitrogen and oxygen atoms in total. The first-order chi connectivity index (χ1) is 12.3. The summed E-state index contributed by atoms with van der Waals surface area (Å²) in [6.07, 6.45) is 1.04. The number of rotatable bonds is 4. The van der Waals surface area contributed by atoms with E-state index in [1.54, 1.807) is 44.4 Å². The molecule has 134 valence electrons. The van der Waals surface area contributed by atoms with E-state index in [2.05, 4.69) is 5.43 Å². The van der Waals surface area contributed by atoms with E-state index in [1.807, 2.05) is 0 Å². The van der Waals surface area contributed by atoms with Gasteiger partial charge in [0.25, 0.3) is 0 Å². The molecule has 0 atom stereocenters. The quantitative estimate of drug-likeness (QED) is 0.701. The zero-order valence-corrected chi connectivity index (χ0v) is 14.0. The Hall–Kier alpha value is -3.26. The van der Waals surface area contributed by atoms with Crippen molar-refractivity contribution in [3.05, 3.63) is 70.0 Å². The Labute approximate surface area is 146 Å². The number of para-hydroxylation sites is 1. The van der Waals surface area contributed by atoms with E-state index in [0.717, 1.165) is 12.3 Å². The number of carboxylic acids is 1. The number of nitrogens with zero attached hydrogens (tertiary/aromatic N) is 2. The number of fused-ring (bicyclic) bond motifs is 1. The van der Waals surface area contributed by atoms with E-state index in [-0.39, 0.29) is 10.9 Å². The lowest BCUT2D eigenvalue weighted by Crippen LogP contribution is -2.23. The molecule has 0 amide bonds. The fourth-order valence-electron chi connectivity index (χ4n) is 2.69. The summed E-state index contributed by atoms with van der Waals surface area (Å²) >= 11 is 0. The summed E-state index contributed by atoms with van der Waals surface area (Å²) in [7, 11) is 3.11. The zero-order valence-electron chi connectivity index (χ0n) is 14.0. The van der Waals surface area contributed by atoms with E-state index in [4.69, 9.17) is 0 Å². The molecule has 0 radical (unpaired) electrons. The minimum absolute atomic E-state index is 0.211. The van der Waals surface area contributed by atoms with Gasteiger partial charge < -0.3 is 15.1 Å². The molecule has 0 aliphatic heterocycles. The number of hydrogen-bond donors (Lipinski definition) is 2. The van der Waals surface area contributed by atoms with Gasteiger partial charge in [-0.05, 0) is 18.2 Å². The highest BCUT2D eigenvalue weighted by molar-refractivity contribution is 5.94. The Balaban J connectivity index is 2.49. The third-order valence-corrected chi connectivity index (χ3v) is 3.78. The van der Waals surface area contributed by atoms with Gasteiger partial charge in [0, 0.05) is 26.0 Å². The zero-order chi connectivity index (χ0) is 19.0. The Morgan fingerprint density at radius 3 is 2.42 bits per heavy atom. The minimum Gasteiger partial charge on any atom is -0.477 e. The Morgan fingerprint density at radius 1 is 1.19 bits per heavy atom. The van der Waals surface area contributed by atoms with Crippen molar-refractivity contribution >= 4 is 22.6 Å². The Bertz CT molecular complexity index is 1060. The van der Waals surface area contributed by atoms with E-state index < -0.39 is 34.3 Å². The molecule has 0 aliphatic rings. The second kappa shape index (κ2) is 6.57. The molecule has 0 aliphatic carbocycles. The van der Waals surface area contributed by atoms with Gasteiger partial charge in [-0.15, -0.1) is 0 Å². The summed E-state index contributed by atoms with van der Waals surface area (Å²) in [5, 5.41) is 10.3. The van der Waals surface area contributed by atoms with Crippen LogP contribution in [0.15, 0.2) is 47.4 Å². The lowest BCUT2D eigenvalue weighted by atomic mass is 10.1. The summed E-state index contributed by atoms with van der Waals surface area (Å²) in [5.74, 6) is -3.47. The van der Waals surface area contributed by atoms with Crippen LogP contribution in [0.5, 0.6) is 0 Å². The molecule has 1 aromatic heterocycles. The fourth-order valence-corrected chi connectivity index (χ4v) is 2.69. The molecule has 0 saturated heterocycles. The Kier molecular flexibility index (Phi) is 4.43. The van der Waals surface area contributed by atoms with Crippen LogP contribution in [0.1, 0.15) is 10.4 Å². The second-order valence-electron chi connectivity index (χ2n) is 5.83. The largest absolute Gasteiger partial charge is 0.477 e. The normalized spacial score (nSPS) is 11.1. The third-order valence-electron chi connectivity index (χ3n) is 3.78. The fraction of sp³-hybridized carbons (Fsp3) is 0.111. The topological polar surface area (TPSA) is 74.6 Å². The number of carbonyl (C=O) groups is 1. The number of pyridine rings is 1. The molecule has 0 bridgehead atoms. The summed E-state index contributed by atoms with van der Waals surface area (Å²) in [6, 6.07) is 9.19. The minimum atomic E-state index is -1.47. The number of hydrogen-bond acceptors (Lipinski definition) is 4. The van der Waals surface area contributed by atoms with Gasteiger partial charge in [-0.1, -0.05) is 18.2 Å². The summed E-state index contributed by atoms with van der Waals surface area (Å²) in [5.41, 5.74) is 0.780. The monoisotopic (exact) mass is 359 g/mol. The van der Waals surface area contributed by atoms with Crippen LogP contribution in [0.2, 0.25) is 0 Å². The maximum absolute atomic E-state index is 15.1. The number of nitrogens with one attached hydrogen (secondary N) is 1. The molecule has 8 heteroatoms. The van der Waals surface area contributed by atoms with Gasteiger partial charge in [-0.25, -0.2) is 18.6 Å². The lowest BCUT2D eigenvalue weighted by Gasteiger charge is -2.18. The van der Waals surface area contributed by atoms with Crippen LogP contribution < -0.4 is 10.9 Å². The molecule has 3 aromatic rings. The number of aromatic nitrogens is 1. The molecule has 0 fully saturated rings. The average molecular weight is 359 g/mol. The predicted octanol–water partition coefficient (Wildman–Crippen LogP) is 2.86. The molecule has 0 saturated carbocycles. The number of hydrazine groups is 1. The number of carboxylic acid groups (broad SMARTS) is 1. The summed E-state index contributed by atoms with van der Waals surface area (Å²) in [6.45, 7) is 0. The van der Waals surface area contributed by atoms with Crippen LogP contribution >= 0.6 is 0 Å². The first-order valence-electron chi connectivity index (χ1n) is 7.61. The molecular weight excluding hydrogens is 344 g/mol. The standard InChI is InChI=1S/C18H15F2N3O3/c1-22(2)21-15-13(19)8-11-16(14(15)20)23(10-6-4-3-5-7-10)9-12(17(11)24)18(25)26/h3-9,21H,1-2H3,(H,25,26). The van der Waals surface area contributed by atoms with Crippen molar-refractivity contribution in [2.24, 2.45) is 0 Å². The molecule has 0 unspecified atom stereocenters. The van der Waals surface area contributed by atoms with Crippen LogP contribution in [0.4, 0.5) is 14.5 Å². The van der Waals surface area contributed by atoms with Crippen LogP contribution in [0, 0.1) is 11.6 Å². The van der Waals surface area contributed by atoms with Gasteiger partial charge in [0.15, 0.2) is 11.6 Å². The van der Waals surface area contributed by atoms with Crippen molar-refractivity contribution < 1.29 is 18.7 Å².